The van der Waals surface area contributed by atoms with Gasteiger partial charge in [-0.05, 0) is 50.2 Å². The molecule has 1 aliphatic carbocycles. The fraction of sp³-hybridized carbons (Fsp3) is 0.625. The van der Waals surface area contributed by atoms with E-state index in [1.807, 2.05) is 18.5 Å². The molecule has 1 aromatic heterocycles. The Kier molecular flexibility index (Phi) is 10.7. The predicted molar refractivity (Wildman–Crippen MR) is 144 cm³/mol. The Bertz CT molecular complexity index is 828. The monoisotopic (exact) mass is 553 g/mol. The first-order valence-electron chi connectivity index (χ1n) is 11.7. The zero-order chi connectivity index (χ0) is 22.1. The molecule has 7 nitrogen and oxygen atoms in total. The third kappa shape index (κ3) is 7.35. The van der Waals surface area contributed by atoms with Gasteiger partial charge in [0.25, 0.3) is 0 Å². The summed E-state index contributed by atoms with van der Waals surface area (Å²) in [6.45, 7) is 7.66. The van der Waals surface area contributed by atoms with E-state index in [2.05, 4.69) is 70.0 Å². The van der Waals surface area contributed by atoms with Crippen LogP contribution in [0, 0.1) is 12.3 Å². The lowest BCUT2D eigenvalue weighted by Crippen LogP contribution is -2.43. The van der Waals surface area contributed by atoms with Crippen molar-refractivity contribution in [3.8, 4) is 0 Å². The number of nitrogens with one attached hydrogen (secondary N) is 2. The van der Waals surface area contributed by atoms with E-state index in [4.69, 9.17) is 4.99 Å². The van der Waals surface area contributed by atoms with Gasteiger partial charge in [0.05, 0.1) is 0 Å². The SMILES string of the molecule is CCC1(CNC(=NCc2nnc(C)n2C)NCCCN(C)c2ccccc2)CCCC1.I. The highest BCUT2D eigenvalue weighted by Gasteiger charge is 2.31. The van der Waals surface area contributed by atoms with Crippen LogP contribution in [0.1, 0.15) is 57.1 Å². The lowest BCUT2D eigenvalue weighted by molar-refractivity contribution is 0.283. The highest BCUT2D eigenvalue weighted by atomic mass is 127. The van der Waals surface area contributed by atoms with Gasteiger partial charge in [0.2, 0.25) is 0 Å². The summed E-state index contributed by atoms with van der Waals surface area (Å²) in [5, 5.41) is 15.6. The van der Waals surface area contributed by atoms with Crippen LogP contribution in [0.3, 0.4) is 0 Å². The Balaban J connectivity index is 0.00000363. The Hall–Kier alpha value is -1.84. The molecule has 0 atom stereocenters. The van der Waals surface area contributed by atoms with E-state index in [0.29, 0.717) is 12.0 Å². The fourth-order valence-electron chi connectivity index (χ4n) is 4.30. The Morgan fingerprint density at radius 3 is 2.50 bits per heavy atom. The zero-order valence-corrected chi connectivity index (χ0v) is 22.4. The molecule has 0 bridgehead atoms. The van der Waals surface area contributed by atoms with Gasteiger partial charge in [-0.1, -0.05) is 38.0 Å². The first-order chi connectivity index (χ1) is 15.0. The molecule has 8 heteroatoms. The largest absolute Gasteiger partial charge is 0.375 e. The topological polar surface area (TPSA) is 70.4 Å². The van der Waals surface area contributed by atoms with Crippen LogP contribution < -0.4 is 15.5 Å². The number of nitrogens with zero attached hydrogens (tertiary/aromatic N) is 5. The second kappa shape index (κ2) is 13.0. The number of anilines is 1. The molecule has 0 unspecified atom stereocenters. The molecule has 1 heterocycles. The van der Waals surface area contributed by atoms with Crippen molar-refractivity contribution in [2.24, 2.45) is 17.5 Å². The summed E-state index contributed by atoms with van der Waals surface area (Å²) in [6.07, 6.45) is 7.58. The lowest BCUT2D eigenvalue weighted by Gasteiger charge is -2.28. The second-order valence-corrected chi connectivity index (χ2v) is 8.84. The van der Waals surface area contributed by atoms with Gasteiger partial charge in [0.1, 0.15) is 12.4 Å². The smallest absolute Gasteiger partial charge is 0.191 e. The standard InChI is InChI=1S/C24H39N7.HI/c1-5-24(14-9-10-15-24)19-27-23(26-18-22-29-28-20(2)31(22)4)25-16-11-17-30(3)21-12-7-6-8-13-21;/h6-8,12-13H,5,9-11,14-19H2,1-4H3,(H2,25,26,27);1H. The number of guanidine groups is 1. The first kappa shape index (κ1) is 26.4. The van der Waals surface area contributed by atoms with Crippen LogP contribution >= 0.6 is 24.0 Å². The molecular formula is C24H40IN7. The summed E-state index contributed by atoms with van der Waals surface area (Å²) in [4.78, 5) is 7.12. The molecule has 1 aromatic carbocycles. The van der Waals surface area contributed by atoms with Crippen LogP contribution in [-0.2, 0) is 13.6 Å². The van der Waals surface area contributed by atoms with E-state index in [0.717, 1.165) is 43.7 Å². The van der Waals surface area contributed by atoms with Crippen LogP contribution in [-0.4, -0.2) is 47.4 Å². The summed E-state index contributed by atoms with van der Waals surface area (Å²) < 4.78 is 2.00. The average Bonchev–Trinajstić information content (AvgIpc) is 3.40. The van der Waals surface area contributed by atoms with Crippen molar-refractivity contribution in [3.05, 3.63) is 42.0 Å². The Labute approximate surface area is 210 Å². The van der Waals surface area contributed by atoms with Crippen molar-refractivity contribution in [2.75, 3.05) is 31.6 Å². The summed E-state index contributed by atoms with van der Waals surface area (Å²) in [7, 11) is 4.13. The Morgan fingerprint density at radius 1 is 1.16 bits per heavy atom. The maximum atomic E-state index is 4.83. The van der Waals surface area contributed by atoms with Gasteiger partial charge in [-0.15, -0.1) is 34.2 Å². The van der Waals surface area contributed by atoms with Crippen molar-refractivity contribution >= 4 is 35.6 Å². The van der Waals surface area contributed by atoms with Gasteiger partial charge in [-0.2, -0.15) is 0 Å². The van der Waals surface area contributed by atoms with Crippen LogP contribution in [0.25, 0.3) is 0 Å². The molecule has 32 heavy (non-hydrogen) atoms. The molecule has 1 aliphatic rings. The number of halogens is 1. The van der Waals surface area contributed by atoms with E-state index in [1.54, 1.807) is 0 Å². The van der Waals surface area contributed by atoms with E-state index < -0.39 is 0 Å². The van der Waals surface area contributed by atoms with Crippen LogP contribution in [0.5, 0.6) is 0 Å². The number of benzene rings is 1. The van der Waals surface area contributed by atoms with Crippen molar-refractivity contribution < 1.29 is 0 Å². The van der Waals surface area contributed by atoms with E-state index in [9.17, 15) is 0 Å². The van der Waals surface area contributed by atoms with Crippen molar-refractivity contribution in [1.82, 2.24) is 25.4 Å². The van der Waals surface area contributed by atoms with E-state index in [-0.39, 0.29) is 24.0 Å². The highest BCUT2D eigenvalue weighted by molar-refractivity contribution is 14.0. The van der Waals surface area contributed by atoms with Gasteiger partial charge in [0, 0.05) is 39.4 Å². The molecule has 3 rings (SSSR count). The number of aliphatic imine (C=N–C) groups is 1. The molecule has 1 saturated carbocycles. The molecule has 2 aromatic rings. The number of hydrogen-bond donors (Lipinski definition) is 2. The van der Waals surface area contributed by atoms with E-state index in [1.165, 1.54) is 37.8 Å². The number of para-hydroxylation sites is 1. The molecule has 0 aliphatic heterocycles. The molecule has 0 saturated heterocycles. The van der Waals surface area contributed by atoms with Gasteiger partial charge in [-0.3, -0.25) is 0 Å². The molecule has 0 amide bonds. The van der Waals surface area contributed by atoms with Gasteiger partial charge < -0.3 is 20.1 Å². The number of aryl methyl sites for hydroxylation is 1. The van der Waals surface area contributed by atoms with E-state index >= 15 is 0 Å². The Morgan fingerprint density at radius 2 is 1.88 bits per heavy atom. The van der Waals surface area contributed by atoms with Gasteiger partial charge in [-0.25, -0.2) is 4.99 Å². The highest BCUT2D eigenvalue weighted by Crippen LogP contribution is 2.40. The average molecular weight is 554 g/mol. The van der Waals surface area contributed by atoms with Crippen LogP contribution in [0.4, 0.5) is 5.69 Å². The molecule has 2 N–H and O–H groups in total. The minimum absolute atomic E-state index is 0. The lowest BCUT2D eigenvalue weighted by atomic mass is 9.83. The minimum atomic E-state index is 0. The normalized spacial score (nSPS) is 15.3. The van der Waals surface area contributed by atoms with Crippen molar-refractivity contribution in [1.29, 1.82) is 0 Å². The molecular weight excluding hydrogens is 513 g/mol. The summed E-state index contributed by atoms with van der Waals surface area (Å²) in [5.41, 5.74) is 1.66. The van der Waals surface area contributed by atoms with Gasteiger partial charge >= 0.3 is 0 Å². The maximum absolute atomic E-state index is 4.83. The first-order valence-corrected chi connectivity index (χ1v) is 11.7. The van der Waals surface area contributed by atoms with Crippen LogP contribution in [0.2, 0.25) is 0 Å². The van der Waals surface area contributed by atoms with Gasteiger partial charge in [0.15, 0.2) is 11.8 Å². The molecule has 0 radical (unpaired) electrons. The number of aromatic nitrogens is 3. The number of rotatable bonds is 10. The summed E-state index contributed by atoms with van der Waals surface area (Å²) in [6, 6.07) is 10.5. The maximum Gasteiger partial charge on any atom is 0.191 e. The third-order valence-electron chi connectivity index (χ3n) is 6.77. The second-order valence-electron chi connectivity index (χ2n) is 8.84. The predicted octanol–water partition coefficient (Wildman–Crippen LogP) is 4.27. The zero-order valence-electron chi connectivity index (χ0n) is 20.1. The van der Waals surface area contributed by atoms with Crippen molar-refractivity contribution in [2.45, 2.75) is 58.9 Å². The summed E-state index contributed by atoms with van der Waals surface area (Å²) in [5.74, 6) is 2.67. The quantitative estimate of drug-likeness (QED) is 0.199. The summed E-state index contributed by atoms with van der Waals surface area (Å²) >= 11 is 0. The molecule has 1 fully saturated rings. The third-order valence-corrected chi connectivity index (χ3v) is 6.77. The molecule has 0 spiro atoms. The minimum Gasteiger partial charge on any atom is -0.375 e. The fourth-order valence-corrected chi connectivity index (χ4v) is 4.30. The van der Waals surface area contributed by atoms with Crippen molar-refractivity contribution in [3.63, 3.8) is 0 Å². The van der Waals surface area contributed by atoms with Crippen LogP contribution in [0.15, 0.2) is 35.3 Å². The number of hydrogen-bond acceptors (Lipinski definition) is 4. The molecule has 178 valence electrons.